The van der Waals surface area contributed by atoms with E-state index in [0.717, 1.165) is 59.7 Å². The van der Waals surface area contributed by atoms with Crippen LogP contribution in [0.1, 0.15) is 5.56 Å². The van der Waals surface area contributed by atoms with E-state index in [9.17, 15) is 5.11 Å². The summed E-state index contributed by atoms with van der Waals surface area (Å²) in [7, 11) is 3.27. The highest BCUT2D eigenvalue weighted by Gasteiger charge is 2.31. The molecule has 0 radical (unpaired) electrons. The Hall–Kier alpha value is -0.820. The van der Waals surface area contributed by atoms with Gasteiger partial charge < -0.3 is 23.8 Å². The molecular weight excluding hydrogens is 338 g/mol. The Morgan fingerprint density at radius 1 is 1.19 bits per heavy atom. The van der Waals surface area contributed by atoms with Crippen LogP contribution in [0.25, 0.3) is 0 Å². The molecule has 1 aromatic rings. The highest BCUT2D eigenvalue weighted by molar-refractivity contribution is 9.10. The van der Waals surface area contributed by atoms with Gasteiger partial charge in [-0.15, -0.1) is 0 Å². The van der Waals surface area contributed by atoms with E-state index in [-0.39, 0.29) is 6.61 Å². The van der Waals surface area contributed by atoms with Crippen molar-refractivity contribution < 1.29 is 23.8 Å². The summed E-state index contributed by atoms with van der Waals surface area (Å²) in [5.74, 6) is 1.44. The van der Waals surface area contributed by atoms with Crippen molar-refractivity contribution in [3.8, 4) is 11.5 Å². The monoisotopic (exact) mass is 360 g/mol. The van der Waals surface area contributed by atoms with E-state index in [1.165, 1.54) is 0 Å². The second kappa shape index (κ2) is 7.45. The number of methoxy groups -OCH3 is 2. The van der Waals surface area contributed by atoms with Crippen molar-refractivity contribution in [2.45, 2.75) is 6.54 Å². The number of aliphatic hydroxyl groups is 1. The molecule has 1 saturated heterocycles. The lowest BCUT2D eigenvalue weighted by Gasteiger charge is -2.41. The Morgan fingerprint density at radius 3 is 2.38 bits per heavy atom. The molecule has 0 atom stereocenters. The Kier molecular flexibility index (Phi) is 5.87. The van der Waals surface area contributed by atoms with Crippen LogP contribution in [0.15, 0.2) is 16.6 Å². The molecule has 1 fully saturated rings. The Balaban J connectivity index is 2.27. The zero-order valence-electron chi connectivity index (χ0n) is 12.6. The molecule has 0 saturated carbocycles. The fourth-order valence-corrected chi connectivity index (χ4v) is 3.23. The molecule has 0 unspecified atom stereocenters. The predicted molar refractivity (Wildman–Crippen MR) is 83.7 cm³/mol. The van der Waals surface area contributed by atoms with Crippen LogP contribution < -0.4 is 9.47 Å². The van der Waals surface area contributed by atoms with Gasteiger partial charge in [0.1, 0.15) is 26.2 Å². The molecule has 1 N–H and O–H groups in total. The molecule has 5 nitrogen and oxygen atoms in total. The summed E-state index contributed by atoms with van der Waals surface area (Å²) in [4.78, 5) is 0. The highest BCUT2D eigenvalue weighted by Crippen LogP contribution is 2.35. The van der Waals surface area contributed by atoms with Crippen molar-refractivity contribution in [3.63, 3.8) is 0 Å². The van der Waals surface area contributed by atoms with Gasteiger partial charge >= 0.3 is 0 Å². The number of aliphatic hydroxyl groups excluding tert-OH is 1. The van der Waals surface area contributed by atoms with Gasteiger partial charge in [-0.3, -0.25) is 0 Å². The maximum absolute atomic E-state index is 9.40. The minimum atomic E-state index is 0.185. The normalized spacial score (nSPS) is 17.5. The first-order valence-corrected chi connectivity index (χ1v) is 7.87. The number of halogens is 1. The molecule has 0 amide bonds. The van der Waals surface area contributed by atoms with Crippen LogP contribution in [0.5, 0.6) is 11.5 Å². The summed E-state index contributed by atoms with van der Waals surface area (Å²) in [6.45, 7) is 5.08. The second-order valence-electron chi connectivity index (χ2n) is 5.31. The smallest absolute Gasteiger partial charge is 0.161 e. The fraction of sp³-hybridized carbons (Fsp3) is 0.600. The number of hydrogen-bond acceptors (Lipinski definition) is 4. The van der Waals surface area contributed by atoms with Crippen LogP contribution in [-0.2, 0) is 11.3 Å². The molecule has 1 heterocycles. The third-order valence-corrected chi connectivity index (χ3v) is 4.79. The number of benzene rings is 1. The molecule has 118 valence electrons. The Bertz CT molecular complexity index is 469. The van der Waals surface area contributed by atoms with Crippen LogP contribution in [0.4, 0.5) is 0 Å². The highest BCUT2D eigenvalue weighted by atomic mass is 79.9. The van der Waals surface area contributed by atoms with E-state index in [0.29, 0.717) is 5.75 Å². The van der Waals surface area contributed by atoms with Crippen molar-refractivity contribution in [1.82, 2.24) is 0 Å². The van der Waals surface area contributed by atoms with E-state index >= 15 is 0 Å². The van der Waals surface area contributed by atoms with Crippen molar-refractivity contribution in [2.75, 3.05) is 53.7 Å². The minimum absolute atomic E-state index is 0.185. The van der Waals surface area contributed by atoms with Gasteiger partial charge in [0.25, 0.3) is 0 Å². The number of quaternary nitrogens is 1. The second-order valence-corrected chi connectivity index (χ2v) is 6.16. The van der Waals surface area contributed by atoms with Gasteiger partial charge in [0.15, 0.2) is 11.5 Å². The lowest BCUT2D eigenvalue weighted by molar-refractivity contribution is -0.947. The summed E-state index contributed by atoms with van der Waals surface area (Å²) in [6.07, 6.45) is 0. The topological polar surface area (TPSA) is 47.9 Å². The molecule has 1 aliphatic rings. The average molecular weight is 361 g/mol. The fourth-order valence-electron chi connectivity index (χ4n) is 2.78. The summed E-state index contributed by atoms with van der Waals surface area (Å²) < 4.78 is 18.0. The number of hydrogen-bond donors (Lipinski definition) is 1. The first kappa shape index (κ1) is 16.5. The molecule has 0 aromatic heterocycles. The van der Waals surface area contributed by atoms with E-state index in [1.807, 2.05) is 12.1 Å². The maximum Gasteiger partial charge on any atom is 0.161 e. The largest absolute Gasteiger partial charge is 0.493 e. The number of ether oxygens (including phenoxy) is 3. The average Bonchev–Trinajstić information content (AvgIpc) is 2.50. The van der Waals surface area contributed by atoms with Crippen molar-refractivity contribution in [2.24, 2.45) is 0 Å². The van der Waals surface area contributed by atoms with Gasteiger partial charge in [0.05, 0.1) is 34.0 Å². The van der Waals surface area contributed by atoms with E-state index in [1.54, 1.807) is 14.2 Å². The molecule has 1 aromatic carbocycles. The SMILES string of the molecule is COc1cc(Br)c(C[N+]2(CCO)CCOCC2)cc1OC. The lowest BCUT2D eigenvalue weighted by Crippen LogP contribution is -2.55. The Labute approximate surface area is 134 Å². The van der Waals surface area contributed by atoms with E-state index in [2.05, 4.69) is 15.9 Å². The molecule has 1 aliphatic heterocycles. The number of morpholine rings is 1. The van der Waals surface area contributed by atoms with Gasteiger partial charge in [-0.25, -0.2) is 0 Å². The van der Waals surface area contributed by atoms with Gasteiger partial charge in [0, 0.05) is 10.0 Å². The predicted octanol–water partition coefficient (Wildman–Crippen LogP) is 1.81. The standard InChI is InChI=1S/C15H23BrNO4/c1-19-14-9-12(13(16)10-15(14)20-2)11-17(3-6-18)4-7-21-8-5-17/h9-10,18H,3-8,11H2,1-2H3/q+1. The summed E-state index contributed by atoms with van der Waals surface area (Å²) in [5, 5.41) is 9.40. The van der Waals surface area contributed by atoms with Crippen molar-refractivity contribution >= 4 is 15.9 Å². The third-order valence-electron chi connectivity index (χ3n) is 4.05. The van der Waals surface area contributed by atoms with Crippen molar-refractivity contribution in [3.05, 3.63) is 22.2 Å². The molecule has 2 rings (SSSR count). The molecule has 6 heteroatoms. The zero-order valence-corrected chi connectivity index (χ0v) is 14.2. The first-order valence-electron chi connectivity index (χ1n) is 7.08. The summed E-state index contributed by atoms with van der Waals surface area (Å²) >= 11 is 3.61. The molecule has 0 spiro atoms. The van der Waals surface area contributed by atoms with Crippen LogP contribution in [-0.4, -0.2) is 63.3 Å². The van der Waals surface area contributed by atoms with Crippen LogP contribution >= 0.6 is 15.9 Å². The molecular formula is C15H23BrNO4+. The van der Waals surface area contributed by atoms with E-state index in [4.69, 9.17) is 14.2 Å². The Morgan fingerprint density at radius 2 is 1.81 bits per heavy atom. The maximum atomic E-state index is 9.40. The number of nitrogens with zero attached hydrogens (tertiary/aromatic N) is 1. The third kappa shape index (κ3) is 3.88. The first-order chi connectivity index (χ1) is 10.1. The van der Waals surface area contributed by atoms with E-state index < -0.39 is 0 Å². The quantitative estimate of drug-likeness (QED) is 0.786. The molecule has 0 aliphatic carbocycles. The molecule has 21 heavy (non-hydrogen) atoms. The van der Waals surface area contributed by atoms with Crippen LogP contribution in [0.2, 0.25) is 0 Å². The minimum Gasteiger partial charge on any atom is -0.493 e. The summed E-state index contributed by atoms with van der Waals surface area (Å²) in [5.41, 5.74) is 1.16. The number of rotatable bonds is 6. The van der Waals surface area contributed by atoms with Crippen LogP contribution in [0, 0.1) is 0 Å². The molecule has 0 bridgehead atoms. The van der Waals surface area contributed by atoms with Crippen LogP contribution in [0.3, 0.4) is 0 Å². The van der Waals surface area contributed by atoms with Gasteiger partial charge in [0.2, 0.25) is 0 Å². The van der Waals surface area contributed by atoms with Gasteiger partial charge in [-0.05, 0) is 12.1 Å². The van der Waals surface area contributed by atoms with Gasteiger partial charge in [-0.2, -0.15) is 0 Å². The summed E-state index contributed by atoms with van der Waals surface area (Å²) in [6, 6.07) is 3.94. The van der Waals surface area contributed by atoms with Crippen molar-refractivity contribution in [1.29, 1.82) is 0 Å². The lowest BCUT2D eigenvalue weighted by atomic mass is 10.1. The zero-order chi connectivity index (χ0) is 15.3. The van der Waals surface area contributed by atoms with Gasteiger partial charge in [-0.1, -0.05) is 15.9 Å².